The Hall–Kier alpha value is -2.34. The van der Waals surface area contributed by atoms with Crippen LogP contribution in [0.15, 0.2) is 60.8 Å². The predicted molar refractivity (Wildman–Crippen MR) is 113 cm³/mol. The zero-order valence-electron chi connectivity index (χ0n) is 16.7. The number of nitrogens with one attached hydrogen (secondary N) is 1. The van der Waals surface area contributed by atoms with Crippen molar-refractivity contribution in [2.24, 2.45) is 5.92 Å². The van der Waals surface area contributed by atoms with E-state index in [0.29, 0.717) is 5.92 Å². The molecule has 1 nitrogen and oxygen atoms in total. The molecule has 148 valence electrons. The fourth-order valence-electron chi connectivity index (χ4n) is 2.35. The first-order chi connectivity index (χ1) is 12.9. The molecule has 0 aliphatic rings. The van der Waals surface area contributed by atoms with Crippen molar-refractivity contribution in [3.05, 3.63) is 72.5 Å². The Balaban J connectivity index is 0.000000694. The van der Waals surface area contributed by atoms with E-state index in [0.717, 1.165) is 37.6 Å². The summed E-state index contributed by atoms with van der Waals surface area (Å²) in [5.41, 5.74) is 2.15. The van der Waals surface area contributed by atoms with Gasteiger partial charge in [-0.15, -0.1) is 12.3 Å². The average molecular weight is 374 g/mol. The van der Waals surface area contributed by atoms with Gasteiger partial charge in [0.2, 0.25) is 0 Å². The highest BCUT2D eigenvalue weighted by atomic mass is 19.1. The number of allylic oxidation sites excluding steroid dienone is 2. The van der Waals surface area contributed by atoms with Gasteiger partial charge in [0, 0.05) is 24.7 Å². The van der Waals surface area contributed by atoms with Gasteiger partial charge in [0.25, 0.3) is 0 Å². The molecule has 0 saturated heterocycles. The van der Waals surface area contributed by atoms with Crippen LogP contribution < -0.4 is 5.32 Å². The first-order valence-corrected chi connectivity index (χ1v) is 9.55. The molecule has 0 saturated carbocycles. The second kappa shape index (κ2) is 15.9. The van der Waals surface area contributed by atoms with Crippen molar-refractivity contribution < 1.29 is 8.78 Å². The number of unbranched alkanes of at least 4 members (excludes halogenated alkanes) is 1. The van der Waals surface area contributed by atoms with Crippen LogP contribution >= 0.6 is 0 Å². The largest absolute Gasteiger partial charge is 0.382 e. The van der Waals surface area contributed by atoms with Crippen LogP contribution in [0.3, 0.4) is 0 Å². The Morgan fingerprint density at radius 2 is 1.93 bits per heavy atom. The Morgan fingerprint density at radius 3 is 2.41 bits per heavy atom. The van der Waals surface area contributed by atoms with Crippen molar-refractivity contribution in [3.63, 3.8) is 0 Å². The van der Waals surface area contributed by atoms with Crippen molar-refractivity contribution in [2.45, 2.75) is 52.4 Å². The molecular formula is C24H33F2N. The van der Waals surface area contributed by atoms with Gasteiger partial charge in [-0.1, -0.05) is 51.1 Å². The lowest BCUT2D eigenvalue weighted by atomic mass is 10.00. The number of hydrogen-bond donors (Lipinski definition) is 1. The zero-order chi connectivity index (χ0) is 20.5. The third kappa shape index (κ3) is 14.5. The lowest BCUT2D eigenvalue weighted by Gasteiger charge is -2.10. The molecule has 1 unspecified atom stereocenters. The summed E-state index contributed by atoms with van der Waals surface area (Å²) in [6.07, 6.45) is 16.1. The summed E-state index contributed by atoms with van der Waals surface area (Å²) in [5.74, 6) is 2.24. The standard InChI is InChI=1S/C18H29N.C6H4F2/c1-6-9-10-12-16(4)15-19-17(5)13-14-18(8-3)11-7-2;7-5-2-1-3-6(8)4-5/h1,13-14,18-19H,4-5,7-12,15H2,2-3H3;1-4H/b14-13+;. The molecule has 0 fully saturated rings. The molecule has 27 heavy (non-hydrogen) atoms. The third-order valence-corrected chi connectivity index (χ3v) is 3.96. The van der Waals surface area contributed by atoms with Gasteiger partial charge in [-0.05, 0) is 49.8 Å². The van der Waals surface area contributed by atoms with Gasteiger partial charge in [-0.2, -0.15) is 0 Å². The summed E-state index contributed by atoms with van der Waals surface area (Å²) in [6.45, 7) is 13.3. The van der Waals surface area contributed by atoms with Crippen molar-refractivity contribution in [1.82, 2.24) is 5.32 Å². The van der Waals surface area contributed by atoms with E-state index in [1.807, 2.05) is 0 Å². The molecule has 1 N–H and O–H groups in total. The smallest absolute Gasteiger partial charge is 0.126 e. The lowest BCUT2D eigenvalue weighted by molar-refractivity contribution is 0.562. The van der Waals surface area contributed by atoms with E-state index in [-0.39, 0.29) is 0 Å². The summed E-state index contributed by atoms with van der Waals surface area (Å²) in [5, 5.41) is 3.30. The maximum atomic E-state index is 11.9. The molecule has 1 atom stereocenters. The van der Waals surface area contributed by atoms with Crippen LogP contribution in [0.25, 0.3) is 0 Å². The van der Waals surface area contributed by atoms with E-state index in [1.165, 1.54) is 43.0 Å². The summed E-state index contributed by atoms with van der Waals surface area (Å²) >= 11 is 0. The molecule has 1 aromatic carbocycles. The van der Waals surface area contributed by atoms with Crippen LogP contribution in [0.2, 0.25) is 0 Å². The number of terminal acetylenes is 1. The molecule has 0 bridgehead atoms. The normalized spacial score (nSPS) is 11.2. The molecule has 0 heterocycles. The fourth-order valence-corrected chi connectivity index (χ4v) is 2.35. The SMILES string of the molecule is C#CCCCC(=C)CNC(=C)/C=C/C(CC)CCC.Fc1cccc(F)c1. The maximum Gasteiger partial charge on any atom is 0.126 e. The minimum absolute atomic E-state index is 0.537. The lowest BCUT2D eigenvalue weighted by Crippen LogP contribution is -2.14. The molecular weight excluding hydrogens is 340 g/mol. The van der Waals surface area contributed by atoms with Gasteiger partial charge in [-0.25, -0.2) is 8.78 Å². The second-order valence-corrected chi connectivity index (χ2v) is 6.44. The van der Waals surface area contributed by atoms with Gasteiger partial charge >= 0.3 is 0 Å². The van der Waals surface area contributed by atoms with Crippen LogP contribution in [0.5, 0.6) is 0 Å². The minimum Gasteiger partial charge on any atom is -0.382 e. The molecule has 1 rings (SSSR count). The number of halogens is 2. The molecule has 1 aromatic rings. The van der Waals surface area contributed by atoms with E-state index in [2.05, 4.69) is 50.4 Å². The topological polar surface area (TPSA) is 12.0 Å². The number of rotatable bonds is 11. The fraction of sp³-hybridized carbons (Fsp3) is 0.417. The van der Waals surface area contributed by atoms with Crippen molar-refractivity contribution in [1.29, 1.82) is 0 Å². The van der Waals surface area contributed by atoms with Crippen LogP contribution in [-0.4, -0.2) is 6.54 Å². The Bertz CT molecular complexity index is 608. The monoisotopic (exact) mass is 373 g/mol. The quantitative estimate of drug-likeness (QED) is 0.195. The predicted octanol–water partition coefficient (Wildman–Crippen LogP) is 6.80. The molecule has 0 aliphatic heterocycles. The first-order valence-electron chi connectivity index (χ1n) is 9.55. The van der Waals surface area contributed by atoms with E-state index < -0.39 is 11.6 Å². The minimum atomic E-state index is -0.537. The van der Waals surface area contributed by atoms with Gasteiger partial charge in [0.05, 0.1) is 0 Å². The van der Waals surface area contributed by atoms with Crippen LogP contribution in [0, 0.1) is 29.9 Å². The molecule has 0 aliphatic carbocycles. The van der Waals surface area contributed by atoms with Gasteiger partial charge in [0.1, 0.15) is 11.6 Å². The summed E-state index contributed by atoms with van der Waals surface area (Å²) in [6, 6.07) is 4.55. The second-order valence-electron chi connectivity index (χ2n) is 6.44. The molecule has 0 amide bonds. The van der Waals surface area contributed by atoms with Crippen molar-refractivity contribution in [3.8, 4) is 12.3 Å². The van der Waals surface area contributed by atoms with E-state index in [4.69, 9.17) is 6.42 Å². The third-order valence-electron chi connectivity index (χ3n) is 3.96. The van der Waals surface area contributed by atoms with Crippen LogP contribution in [0.4, 0.5) is 8.78 Å². The molecule has 0 radical (unpaired) electrons. The number of hydrogen-bond acceptors (Lipinski definition) is 1. The Kier molecular flexibility index (Phi) is 14.5. The Morgan fingerprint density at radius 1 is 1.26 bits per heavy atom. The van der Waals surface area contributed by atoms with Crippen LogP contribution in [0.1, 0.15) is 52.4 Å². The average Bonchev–Trinajstić information content (AvgIpc) is 2.64. The highest BCUT2D eigenvalue weighted by molar-refractivity contribution is 5.15. The highest BCUT2D eigenvalue weighted by Gasteiger charge is 2.00. The summed E-state index contributed by atoms with van der Waals surface area (Å²) in [7, 11) is 0. The molecule has 0 aromatic heterocycles. The first kappa shape index (κ1) is 24.7. The Labute approximate surface area is 164 Å². The van der Waals surface area contributed by atoms with Crippen LogP contribution in [-0.2, 0) is 0 Å². The molecule has 3 heteroatoms. The highest BCUT2D eigenvalue weighted by Crippen LogP contribution is 2.13. The van der Waals surface area contributed by atoms with Gasteiger partial charge in [-0.3, -0.25) is 0 Å². The van der Waals surface area contributed by atoms with E-state index in [1.54, 1.807) is 0 Å². The van der Waals surface area contributed by atoms with E-state index >= 15 is 0 Å². The van der Waals surface area contributed by atoms with Crippen molar-refractivity contribution >= 4 is 0 Å². The summed E-state index contributed by atoms with van der Waals surface area (Å²) in [4.78, 5) is 0. The molecule has 0 spiro atoms. The number of benzene rings is 1. The van der Waals surface area contributed by atoms with Gasteiger partial charge < -0.3 is 5.32 Å². The van der Waals surface area contributed by atoms with E-state index in [9.17, 15) is 8.78 Å². The summed E-state index contributed by atoms with van der Waals surface area (Å²) < 4.78 is 23.9. The maximum absolute atomic E-state index is 11.9. The van der Waals surface area contributed by atoms with Gasteiger partial charge in [0.15, 0.2) is 0 Å². The van der Waals surface area contributed by atoms with Crippen molar-refractivity contribution in [2.75, 3.05) is 6.54 Å². The zero-order valence-corrected chi connectivity index (χ0v) is 16.7.